The number of hydrogen-bond acceptors (Lipinski definition) is 2. The maximum atomic E-state index is 11.2. The first-order valence-corrected chi connectivity index (χ1v) is 6.31. The average molecular weight is 232 g/mol. The highest BCUT2D eigenvalue weighted by Gasteiger charge is 2.30. The number of hydrogen-bond donors (Lipinski definition) is 0. The van der Waals surface area contributed by atoms with Crippen molar-refractivity contribution in [1.29, 1.82) is 0 Å². The summed E-state index contributed by atoms with van der Waals surface area (Å²) >= 11 is 0. The molecule has 17 heavy (non-hydrogen) atoms. The van der Waals surface area contributed by atoms with Gasteiger partial charge in [-0.1, -0.05) is 37.3 Å². The Hall–Kier alpha value is -1.15. The van der Waals surface area contributed by atoms with Crippen molar-refractivity contribution in [1.82, 2.24) is 0 Å². The second kappa shape index (κ2) is 5.46. The monoisotopic (exact) mass is 232 g/mol. The molecule has 1 fully saturated rings. The van der Waals surface area contributed by atoms with E-state index in [1.54, 1.807) is 0 Å². The summed E-state index contributed by atoms with van der Waals surface area (Å²) in [5, 5.41) is 0. The Morgan fingerprint density at radius 3 is 2.47 bits per heavy atom. The number of ketones is 1. The normalized spacial score (nSPS) is 19.2. The molecule has 0 N–H and O–H groups in total. The first kappa shape index (κ1) is 12.3. The lowest BCUT2D eigenvalue weighted by atomic mass is 9.76. The third-order valence-electron chi connectivity index (χ3n) is 3.58. The maximum absolute atomic E-state index is 11.2. The second-order valence-electron chi connectivity index (χ2n) is 5.33. The standard InChI is InChI=1S/C15H20O2/c1-15(9-7-14(16)8-10-15)12-17-11-13-5-3-2-4-6-13/h2-6H,7-12H2,1H3. The van der Waals surface area contributed by atoms with Crippen LogP contribution in [0.3, 0.4) is 0 Å². The van der Waals surface area contributed by atoms with Crippen LogP contribution >= 0.6 is 0 Å². The van der Waals surface area contributed by atoms with Gasteiger partial charge in [-0.05, 0) is 23.8 Å². The molecule has 0 unspecified atom stereocenters. The molecule has 0 radical (unpaired) electrons. The highest BCUT2D eigenvalue weighted by molar-refractivity contribution is 5.79. The first-order chi connectivity index (χ1) is 8.18. The largest absolute Gasteiger partial charge is 0.376 e. The van der Waals surface area contributed by atoms with Crippen LogP contribution in [0.25, 0.3) is 0 Å². The summed E-state index contributed by atoms with van der Waals surface area (Å²) < 4.78 is 5.79. The molecule has 0 saturated heterocycles. The maximum Gasteiger partial charge on any atom is 0.132 e. The van der Waals surface area contributed by atoms with E-state index >= 15 is 0 Å². The van der Waals surface area contributed by atoms with Crippen molar-refractivity contribution >= 4 is 5.78 Å². The van der Waals surface area contributed by atoms with Crippen LogP contribution in [0.4, 0.5) is 0 Å². The zero-order chi connectivity index (χ0) is 12.1. The topological polar surface area (TPSA) is 26.3 Å². The predicted octanol–water partition coefficient (Wildman–Crippen LogP) is 3.35. The third kappa shape index (κ3) is 3.67. The molecule has 0 atom stereocenters. The van der Waals surface area contributed by atoms with Crippen LogP contribution in [0.2, 0.25) is 0 Å². The number of rotatable bonds is 4. The van der Waals surface area contributed by atoms with Crippen molar-refractivity contribution in [3.63, 3.8) is 0 Å². The van der Waals surface area contributed by atoms with Gasteiger partial charge in [0.15, 0.2) is 0 Å². The van der Waals surface area contributed by atoms with Crippen molar-refractivity contribution in [3.8, 4) is 0 Å². The second-order valence-corrected chi connectivity index (χ2v) is 5.33. The minimum absolute atomic E-state index is 0.197. The van der Waals surface area contributed by atoms with Crippen molar-refractivity contribution in [2.75, 3.05) is 6.61 Å². The molecule has 1 aromatic carbocycles. The average Bonchev–Trinajstić information content (AvgIpc) is 2.35. The molecule has 1 saturated carbocycles. The van der Waals surface area contributed by atoms with E-state index in [2.05, 4.69) is 19.1 Å². The van der Waals surface area contributed by atoms with Gasteiger partial charge in [0, 0.05) is 12.8 Å². The fourth-order valence-electron chi connectivity index (χ4n) is 2.27. The zero-order valence-electron chi connectivity index (χ0n) is 10.4. The van der Waals surface area contributed by atoms with Gasteiger partial charge in [-0.15, -0.1) is 0 Å². The third-order valence-corrected chi connectivity index (χ3v) is 3.58. The highest BCUT2D eigenvalue weighted by atomic mass is 16.5. The van der Waals surface area contributed by atoms with Crippen molar-refractivity contribution in [2.24, 2.45) is 5.41 Å². The van der Waals surface area contributed by atoms with Gasteiger partial charge in [-0.25, -0.2) is 0 Å². The van der Waals surface area contributed by atoms with Crippen LogP contribution in [-0.2, 0) is 16.1 Å². The van der Waals surface area contributed by atoms with Crippen LogP contribution in [0, 0.1) is 5.41 Å². The number of carbonyl (C=O) groups excluding carboxylic acids is 1. The molecule has 0 bridgehead atoms. The molecule has 2 nitrogen and oxygen atoms in total. The Balaban J connectivity index is 1.76. The fraction of sp³-hybridized carbons (Fsp3) is 0.533. The van der Waals surface area contributed by atoms with E-state index in [-0.39, 0.29) is 5.41 Å². The number of ether oxygens (including phenoxy) is 1. The summed E-state index contributed by atoms with van der Waals surface area (Å²) in [5.74, 6) is 0.408. The van der Waals surface area contributed by atoms with Crippen molar-refractivity contribution < 1.29 is 9.53 Å². The lowest BCUT2D eigenvalue weighted by molar-refractivity contribution is -0.123. The number of carbonyl (C=O) groups is 1. The van der Waals surface area contributed by atoms with Gasteiger partial charge in [0.1, 0.15) is 5.78 Å². The Morgan fingerprint density at radius 2 is 1.82 bits per heavy atom. The van der Waals surface area contributed by atoms with Crippen LogP contribution in [-0.4, -0.2) is 12.4 Å². The van der Waals surface area contributed by atoms with Crippen LogP contribution in [0.1, 0.15) is 38.2 Å². The number of Topliss-reactive ketones (excluding diaryl/α,β-unsaturated/α-hetero) is 1. The van der Waals surface area contributed by atoms with Crippen LogP contribution in [0.5, 0.6) is 0 Å². The molecule has 1 aliphatic rings. The Morgan fingerprint density at radius 1 is 1.18 bits per heavy atom. The van der Waals surface area contributed by atoms with E-state index in [0.717, 1.165) is 32.3 Å². The molecule has 2 heteroatoms. The zero-order valence-corrected chi connectivity index (χ0v) is 10.4. The molecule has 2 rings (SSSR count). The minimum atomic E-state index is 0.197. The molecule has 0 aromatic heterocycles. The summed E-state index contributed by atoms with van der Waals surface area (Å²) in [7, 11) is 0. The molecule has 1 aromatic rings. The quantitative estimate of drug-likeness (QED) is 0.795. The molecule has 0 spiro atoms. The molecule has 0 aliphatic heterocycles. The summed E-state index contributed by atoms with van der Waals surface area (Å²) in [6.07, 6.45) is 3.40. The summed E-state index contributed by atoms with van der Waals surface area (Å²) in [6, 6.07) is 10.2. The fourth-order valence-corrected chi connectivity index (χ4v) is 2.27. The highest BCUT2D eigenvalue weighted by Crippen LogP contribution is 2.34. The lowest BCUT2D eigenvalue weighted by Crippen LogP contribution is -2.29. The van der Waals surface area contributed by atoms with Gasteiger partial charge in [-0.2, -0.15) is 0 Å². The SMILES string of the molecule is CC1(COCc2ccccc2)CCC(=O)CC1. The molecule has 0 amide bonds. The predicted molar refractivity (Wildman–Crippen MR) is 67.7 cm³/mol. The van der Waals surface area contributed by atoms with E-state index in [1.165, 1.54) is 5.56 Å². The molecule has 0 heterocycles. The van der Waals surface area contributed by atoms with Gasteiger partial charge in [-0.3, -0.25) is 4.79 Å². The summed E-state index contributed by atoms with van der Waals surface area (Å²) in [5.41, 5.74) is 1.41. The molecular weight excluding hydrogens is 212 g/mol. The van der Waals surface area contributed by atoms with Crippen LogP contribution in [0.15, 0.2) is 30.3 Å². The van der Waals surface area contributed by atoms with Gasteiger partial charge in [0.2, 0.25) is 0 Å². The van der Waals surface area contributed by atoms with Crippen molar-refractivity contribution in [2.45, 2.75) is 39.2 Å². The van der Waals surface area contributed by atoms with E-state index in [9.17, 15) is 4.79 Å². The van der Waals surface area contributed by atoms with Gasteiger partial charge in [0.25, 0.3) is 0 Å². The smallest absolute Gasteiger partial charge is 0.132 e. The van der Waals surface area contributed by atoms with Crippen molar-refractivity contribution in [3.05, 3.63) is 35.9 Å². The molecule has 92 valence electrons. The Kier molecular flexibility index (Phi) is 3.95. The first-order valence-electron chi connectivity index (χ1n) is 6.31. The molecule has 1 aliphatic carbocycles. The van der Waals surface area contributed by atoms with Gasteiger partial charge < -0.3 is 4.74 Å². The lowest BCUT2D eigenvalue weighted by Gasteiger charge is -2.32. The minimum Gasteiger partial charge on any atom is -0.376 e. The van der Waals surface area contributed by atoms with E-state index in [1.807, 2.05) is 18.2 Å². The summed E-state index contributed by atoms with van der Waals surface area (Å²) in [4.78, 5) is 11.2. The summed E-state index contributed by atoms with van der Waals surface area (Å²) in [6.45, 7) is 3.66. The number of benzene rings is 1. The van der Waals surface area contributed by atoms with E-state index < -0.39 is 0 Å². The molecular formula is C15H20O2. The van der Waals surface area contributed by atoms with E-state index in [0.29, 0.717) is 12.4 Å². The van der Waals surface area contributed by atoms with Gasteiger partial charge >= 0.3 is 0 Å². The Bertz CT molecular complexity index is 360. The van der Waals surface area contributed by atoms with Crippen LogP contribution < -0.4 is 0 Å². The van der Waals surface area contributed by atoms with Gasteiger partial charge in [0.05, 0.1) is 13.2 Å². The van der Waals surface area contributed by atoms with E-state index in [4.69, 9.17) is 4.74 Å². The Labute approximate surface area is 103 Å².